The fourth-order valence-corrected chi connectivity index (χ4v) is 2.23. The Kier molecular flexibility index (Phi) is 3.67. The van der Waals surface area contributed by atoms with Crippen LogP contribution in [0.3, 0.4) is 0 Å². The molecule has 0 aromatic carbocycles. The Labute approximate surface area is 117 Å². The summed E-state index contributed by atoms with van der Waals surface area (Å²) in [6.45, 7) is 2.06. The molecule has 0 N–H and O–H groups in total. The normalized spacial score (nSPS) is 14.9. The first-order valence-corrected chi connectivity index (χ1v) is 6.76. The second kappa shape index (κ2) is 5.77. The van der Waals surface area contributed by atoms with Crippen LogP contribution in [0.5, 0.6) is 5.75 Å². The number of carbonyl (C=O) groups is 1. The summed E-state index contributed by atoms with van der Waals surface area (Å²) in [5, 5.41) is 0. The molecular formula is C15H17N3O2. The summed E-state index contributed by atoms with van der Waals surface area (Å²) in [6.07, 6.45) is 7.97. The minimum atomic E-state index is 0.0923. The zero-order chi connectivity index (χ0) is 13.8. The van der Waals surface area contributed by atoms with E-state index in [2.05, 4.69) is 4.98 Å². The molecule has 0 bridgehead atoms. The summed E-state index contributed by atoms with van der Waals surface area (Å²) in [4.78, 5) is 17.8. The lowest BCUT2D eigenvalue weighted by Crippen LogP contribution is -2.56. The van der Waals surface area contributed by atoms with Crippen LogP contribution in [0.15, 0.2) is 49.1 Å². The van der Waals surface area contributed by atoms with Crippen LogP contribution >= 0.6 is 0 Å². The summed E-state index contributed by atoms with van der Waals surface area (Å²) in [6, 6.07) is 7.65. The van der Waals surface area contributed by atoms with Crippen molar-refractivity contribution in [2.24, 2.45) is 0 Å². The Bertz CT molecular complexity index is 548. The molecule has 0 atom stereocenters. The lowest BCUT2D eigenvalue weighted by atomic mass is 10.1. The Morgan fingerprint density at radius 1 is 1.30 bits per heavy atom. The number of aryl methyl sites for hydroxylation is 1. The van der Waals surface area contributed by atoms with Crippen molar-refractivity contribution in [3.8, 4) is 5.75 Å². The predicted molar refractivity (Wildman–Crippen MR) is 74.3 cm³/mol. The highest BCUT2D eigenvalue weighted by Crippen LogP contribution is 2.17. The second-order valence-corrected chi connectivity index (χ2v) is 4.90. The van der Waals surface area contributed by atoms with Crippen molar-refractivity contribution in [3.63, 3.8) is 0 Å². The van der Waals surface area contributed by atoms with E-state index in [1.165, 1.54) is 0 Å². The molecule has 2 aromatic rings. The van der Waals surface area contributed by atoms with Crippen molar-refractivity contribution < 1.29 is 9.53 Å². The molecule has 2 aromatic heterocycles. The number of pyridine rings is 1. The first-order chi connectivity index (χ1) is 9.81. The molecule has 0 spiro atoms. The maximum absolute atomic E-state index is 12.0. The van der Waals surface area contributed by atoms with Gasteiger partial charge in [-0.2, -0.15) is 0 Å². The number of amides is 1. The van der Waals surface area contributed by atoms with Crippen LogP contribution in [0.4, 0.5) is 0 Å². The van der Waals surface area contributed by atoms with Crippen LogP contribution < -0.4 is 4.74 Å². The van der Waals surface area contributed by atoms with Gasteiger partial charge >= 0.3 is 0 Å². The summed E-state index contributed by atoms with van der Waals surface area (Å²) in [5.41, 5.74) is 0. The molecule has 3 rings (SSSR count). The molecule has 104 valence electrons. The van der Waals surface area contributed by atoms with E-state index in [1.54, 1.807) is 12.4 Å². The summed E-state index contributed by atoms with van der Waals surface area (Å²) >= 11 is 0. The molecule has 0 unspecified atom stereocenters. The van der Waals surface area contributed by atoms with Crippen LogP contribution in [0.25, 0.3) is 0 Å². The van der Waals surface area contributed by atoms with Gasteiger partial charge in [-0.25, -0.2) is 0 Å². The van der Waals surface area contributed by atoms with Gasteiger partial charge in [0.2, 0.25) is 5.91 Å². The molecule has 0 aliphatic carbocycles. The Morgan fingerprint density at radius 3 is 2.80 bits per heavy atom. The van der Waals surface area contributed by atoms with Gasteiger partial charge in [0.1, 0.15) is 11.9 Å². The maximum atomic E-state index is 12.0. The molecular weight excluding hydrogens is 254 g/mol. The first-order valence-electron chi connectivity index (χ1n) is 6.76. The molecule has 1 aliphatic rings. The van der Waals surface area contributed by atoms with E-state index >= 15 is 0 Å². The molecule has 1 fully saturated rings. The van der Waals surface area contributed by atoms with Crippen LogP contribution in [0.2, 0.25) is 0 Å². The Balaban J connectivity index is 1.40. The van der Waals surface area contributed by atoms with Gasteiger partial charge in [-0.3, -0.25) is 9.78 Å². The predicted octanol–water partition coefficient (Wildman–Crippen LogP) is 1.56. The fourth-order valence-electron chi connectivity index (χ4n) is 2.23. The summed E-state index contributed by atoms with van der Waals surface area (Å²) in [7, 11) is 0. The number of carbonyl (C=O) groups excluding carboxylic acids is 1. The van der Waals surface area contributed by atoms with Gasteiger partial charge in [0, 0.05) is 31.6 Å². The van der Waals surface area contributed by atoms with Crippen molar-refractivity contribution in [3.05, 3.63) is 49.1 Å². The molecule has 5 heteroatoms. The molecule has 1 amide bonds. The number of ether oxygens (including phenoxy) is 1. The monoisotopic (exact) mass is 271 g/mol. The molecule has 0 radical (unpaired) electrons. The number of hydrogen-bond acceptors (Lipinski definition) is 3. The van der Waals surface area contributed by atoms with E-state index < -0.39 is 0 Å². The van der Waals surface area contributed by atoms with Gasteiger partial charge in [0.05, 0.1) is 19.3 Å². The average molecular weight is 271 g/mol. The topological polar surface area (TPSA) is 47.4 Å². The quantitative estimate of drug-likeness (QED) is 0.829. The van der Waals surface area contributed by atoms with Gasteiger partial charge in [0.15, 0.2) is 0 Å². The first kappa shape index (κ1) is 12.7. The summed E-state index contributed by atoms with van der Waals surface area (Å²) in [5.74, 6) is 0.946. The SMILES string of the molecule is O=C(CCn1cccc1)N1CC(Oc2cccnc2)C1. The third-order valence-electron chi connectivity index (χ3n) is 3.39. The zero-order valence-electron chi connectivity index (χ0n) is 11.2. The molecule has 3 heterocycles. The molecule has 1 saturated heterocycles. The van der Waals surface area contributed by atoms with Gasteiger partial charge in [0.25, 0.3) is 0 Å². The van der Waals surface area contributed by atoms with E-state index in [4.69, 9.17) is 4.74 Å². The van der Waals surface area contributed by atoms with Crippen LogP contribution in [-0.2, 0) is 11.3 Å². The highest BCUT2D eigenvalue weighted by Gasteiger charge is 2.31. The maximum Gasteiger partial charge on any atom is 0.224 e. The third-order valence-corrected chi connectivity index (χ3v) is 3.39. The van der Waals surface area contributed by atoms with E-state index in [1.807, 2.05) is 46.1 Å². The Hall–Kier alpha value is -2.30. The van der Waals surface area contributed by atoms with Gasteiger partial charge < -0.3 is 14.2 Å². The van der Waals surface area contributed by atoms with Crippen molar-refractivity contribution in [1.29, 1.82) is 0 Å². The van der Waals surface area contributed by atoms with Crippen molar-refractivity contribution in [1.82, 2.24) is 14.5 Å². The standard InChI is InChI=1S/C15H17N3O2/c19-15(5-9-17-7-1-2-8-17)18-11-14(12-18)20-13-4-3-6-16-10-13/h1-4,6-8,10,14H,5,9,11-12H2. The number of nitrogens with zero attached hydrogens (tertiary/aromatic N) is 3. The Morgan fingerprint density at radius 2 is 2.10 bits per heavy atom. The lowest BCUT2D eigenvalue weighted by molar-refractivity contribution is -0.140. The van der Waals surface area contributed by atoms with E-state index in [0.29, 0.717) is 19.5 Å². The number of hydrogen-bond donors (Lipinski definition) is 0. The van der Waals surface area contributed by atoms with E-state index in [9.17, 15) is 4.79 Å². The van der Waals surface area contributed by atoms with Gasteiger partial charge in [-0.15, -0.1) is 0 Å². The van der Waals surface area contributed by atoms with Crippen molar-refractivity contribution >= 4 is 5.91 Å². The second-order valence-electron chi connectivity index (χ2n) is 4.90. The lowest BCUT2D eigenvalue weighted by Gasteiger charge is -2.39. The van der Waals surface area contributed by atoms with E-state index in [0.717, 1.165) is 12.3 Å². The fraction of sp³-hybridized carbons (Fsp3) is 0.333. The molecule has 1 aliphatic heterocycles. The van der Waals surface area contributed by atoms with Crippen molar-refractivity contribution in [2.45, 2.75) is 19.1 Å². The molecule has 0 saturated carbocycles. The minimum absolute atomic E-state index is 0.0923. The highest BCUT2D eigenvalue weighted by molar-refractivity contribution is 5.77. The minimum Gasteiger partial charge on any atom is -0.485 e. The zero-order valence-corrected chi connectivity index (χ0v) is 11.2. The summed E-state index contributed by atoms with van der Waals surface area (Å²) < 4.78 is 7.73. The average Bonchev–Trinajstić information content (AvgIpc) is 2.94. The van der Waals surface area contributed by atoms with Crippen molar-refractivity contribution in [2.75, 3.05) is 13.1 Å². The van der Waals surface area contributed by atoms with Crippen LogP contribution in [-0.4, -0.2) is 39.6 Å². The van der Waals surface area contributed by atoms with Gasteiger partial charge in [-0.1, -0.05) is 0 Å². The molecule has 20 heavy (non-hydrogen) atoms. The number of aromatic nitrogens is 2. The van der Waals surface area contributed by atoms with Gasteiger partial charge in [-0.05, 0) is 24.3 Å². The number of likely N-dealkylation sites (tertiary alicyclic amines) is 1. The third kappa shape index (κ3) is 2.99. The number of rotatable bonds is 5. The smallest absolute Gasteiger partial charge is 0.224 e. The molecule has 5 nitrogen and oxygen atoms in total. The van der Waals surface area contributed by atoms with Crippen LogP contribution in [0.1, 0.15) is 6.42 Å². The highest BCUT2D eigenvalue weighted by atomic mass is 16.5. The largest absolute Gasteiger partial charge is 0.485 e. The van der Waals surface area contributed by atoms with Crippen LogP contribution in [0, 0.1) is 0 Å². The van der Waals surface area contributed by atoms with E-state index in [-0.39, 0.29) is 12.0 Å².